The normalized spacial score (nSPS) is 27.9. The van der Waals surface area contributed by atoms with Crippen molar-refractivity contribution in [3.05, 3.63) is 52.6 Å². The number of nitrogens with zero attached hydrogens (tertiary/aromatic N) is 8. The highest BCUT2D eigenvalue weighted by atomic mass is 19.1. The molecule has 1 saturated carbocycles. The van der Waals surface area contributed by atoms with Gasteiger partial charge in [0.2, 0.25) is 11.8 Å². The van der Waals surface area contributed by atoms with Crippen LogP contribution in [0.1, 0.15) is 36.0 Å². The fraction of sp³-hybridized carbons (Fsp3) is 0.529. The van der Waals surface area contributed by atoms with Crippen molar-refractivity contribution in [3.8, 4) is 17.0 Å². The molecule has 1 spiro atoms. The van der Waals surface area contributed by atoms with Gasteiger partial charge in [0.1, 0.15) is 12.8 Å². The van der Waals surface area contributed by atoms with Crippen molar-refractivity contribution in [2.75, 3.05) is 62.6 Å². The zero-order valence-corrected chi connectivity index (χ0v) is 26.9. The molecule has 1 N–H and O–H groups in total. The van der Waals surface area contributed by atoms with Crippen LogP contribution in [0.15, 0.2) is 41.5 Å². The number of ether oxygens (including phenoxy) is 1. The van der Waals surface area contributed by atoms with Crippen LogP contribution in [0.2, 0.25) is 0 Å². The number of fused-ring (bicyclic) bond motifs is 9. The van der Waals surface area contributed by atoms with Crippen molar-refractivity contribution >= 4 is 28.6 Å². The highest BCUT2D eigenvalue weighted by Gasteiger charge is 2.48. The molecule has 9 rings (SSSR count). The summed E-state index contributed by atoms with van der Waals surface area (Å²) in [5.41, 5.74) is 3.77. The average molecular weight is 642 g/mol. The lowest BCUT2D eigenvalue weighted by Crippen LogP contribution is -2.54. The van der Waals surface area contributed by atoms with E-state index in [2.05, 4.69) is 47.9 Å². The Morgan fingerprint density at radius 2 is 1.91 bits per heavy atom. The van der Waals surface area contributed by atoms with E-state index in [9.17, 15) is 14.0 Å². The third-order valence-electron chi connectivity index (χ3n) is 11.2. The van der Waals surface area contributed by atoms with E-state index in [0.29, 0.717) is 60.2 Å². The molecule has 13 heteroatoms. The number of pyridine rings is 1. The number of piperidine rings is 1. The molecule has 3 saturated heterocycles. The van der Waals surface area contributed by atoms with Crippen molar-refractivity contribution in [1.29, 1.82) is 0 Å². The fourth-order valence-electron chi connectivity index (χ4n) is 8.91. The Bertz CT molecular complexity index is 1960. The number of hydrogen-bond acceptors (Lipinski definition) is 8. The molecular formula is C34H40FN9O3. The summed E-state index contributed by atoms with van der Waals surface area (Å²) in [6.07, 6.45) is 6.65. The molecule has 4 unspecified atom stereocenters. The molecule has 4 fully saturated rings. The van der Waals surface area contributed by atoms with Crippen molar-refractivity contribution in [3.63, 3.8) is 0 Å². The quantitative estimate of drug-likeness (QED) is 0.357. The van der Waals surface area contributed by atoms with Gasteiger partial charge >= 0.3 is 0 Å². The van der Waals surface area contributed by atoms with Gasteiger partial charge in [-0.3, -0.25) is 24.7 Å². The molecule has 4 atom stereocenters. The summed E-state index contributed by atoms with van der Waals surface area (Å²) in [5.74, 6) is 1.24. The third kappa shape index (κ3) is 4.68. The second-order valence-corrected chi connectivity index (χ2v) is 14.3. The second kappa shape index (κ2) is 10.6. The minimum atomic E-state index is -0.697. The number of amides is 1. The second-order valence-electron chi connectivity index (χ2n) is 14.3. The van der Waals surface area contributed by atoms with Crippen LogP contribution in [-0.2, 0) is 19.6 Å². The number of rotatable bonds is 2. The first kappa shape index (κ1) is 29.0. The summed E-state index contributed by atoms with van der Waals surface area (Å²) < 4.78 is 25.3. The number of halogens is 1. The summed E-state index contributed by atoms with van der Waals surface area (Å²) in [6.45, 7) is 5.88. The topological polar surface area (TPSA) is 106 Å². The van der Waals surface area contributed by atoms with Crippen LogP contribution in [0.4, 0.5) is 16.0 Å². The van der Waals surface area contributed by atoms with Crippen LogP contribution >= 0.6 is 0 Å². The minimum absolute atomic E-state index is 0.234. The number of carbonyl (C=O) groups excluding carboxylic acids is 1. The maximum Gasteiger partial charge on any atom is 0.259 e. The molecule has 1 aliphatic carbocycles. The smallest absolute Gasteiger partial charge is 0.259 e. The van der Waals surface area contributed by atoms with Crippen molar-refractivity contribution in [1.82, 2.24) is 33.7 Å². The van der Waals surface area contributed by atoms with Gasteiger partial charge in [0, 0.05) is 77.8 Å². The number of nitrogens with one attached hydrogen (secondary N) is 1. The van der Waals surface area contributed by atoms with E-state index in [4.69, 9.17) is 9.72 Å². The standard InChI is InChI=1S/C34H40FN9O3/c1-39-16-22-11-26(31(39)46)27-14-36-40(2)32(27)47-10-9-41-15-21-5-7-34(13-21,20-41)44-29-12-24(3-4-28(29)37-33(44)38-30(22)45)42-8-6-25(19-42)43-17-23(35)18-43/h3-4,11-12,14,16,21,23,25H,5-10,13,15,17-20H2,1-2H3,(H,37,38,45). The van der Waals surface area contributed by atoms with Crippen molar-refractivity contribution in [2.24, 2.45) is 20.0 Å². The van der Waals surface area contributed by atoms with E-state index in [1.54, 1.807) is 37.2 Å². The minimum Gasteiger partial charge on any atom is -0.476 e. The predicted molar refractivity (Wildman–Crippen MR) is 176 cm³/mol. The Morgan fingerprint density at radius 3 is 2.77 bits per heavy atom. The number of aromatic nitrogens is 5. The number of anilines is 2. The molecule has 7 heterocycles. The Balaban J connectivity index is 1.15. The van der Waals surface area contributed by atoms with Gasteiger partial charge in [-0.2, -0.15) is 5.10 Å². The number of alkyl halides is 1. The highest BCUT2D eigenvalue weighted by Crippen LogP contribution is 2.48. The lowest BCUT2D eigenvalue weighted by Gasteiger charge is -2.42. The number of likely N-dealkylation sites (tertiary alicyclic amines) is 1. The molecule has 1 aromatic carbocycles. The van der Waals surface area contributed by atoms with Crippen LogP contribution < -0.4 is 20.5 Å². The van der Waals surface area contributed by atoms with Crippen LogP contribution in [0, 0.1) is 5.92 Å². The van der Waals surface area contributed by atoms with Gasteiger partial charge in [-0.1, -0.05) is 0 Å². The summed E-state index contributed by atoms with van der Waals surface area (Å²) >= 11 is 0. The maximum atomic E-state index is 14.1. The van der Waals surface area contributed by atoms with Crippen molar-refractivity contribution in [2.45, 2.75) is 43.4 Å². The zero-order valence-electron chi connectivity index (χ0n) is 26.9. The number of benzene rings is 1. The van der Waals surface area contributed by atoms with Gasteiger partial charge in [0.15, 0.2) is 0 Å². The van der Waals surface area contributed by atoms with Crippen LogP contribution in [0.5, 0.6) is 5.88 Å². The van der Waals surface area contributed by atoms with Gasteiger partial charge in [-0.15, -0.1) is 0 Å². The monoisotopic (exact) mass is 641 g/mol. The van der Waals surface area contributed by atoms with Gasteiger partial charge in [-0.25, -0.2) is 14.1 Å². The number of hydrogen-bond donors (Lipinski definition) is 1. The van der Waals surface area contributed by atoms with Gasteiger partial charge < -0.3 is 18.8 Å². The van der Waals surface area contributed by atoms with Gasteiger partial charge in [-0.05, 0) is 55.9 Å². The van der Waals surface area contributed by atoms with E-state index in [-0.39, 0.29) is 17.0 Å². The molecule has 4 aromatic rings. The number of carbonyl (C=O) groups is 1. The van der Waals surface area contributed by atoms with E-state index in [0.717, 1.165) is 75.1 Å². The Labute approximate surface area is 271 Å². The van der Waals surface area contributed by atoms with E-state index < -0.39 is 6.17 Å². The van der Waals surface area contributed by atoms with Crippen molar-refractivity contribution < 1.29 is 13.9 Å². The SMILES string of the molecule is Cn1ncc2c1OCCN1CC3CCC(C3)(C1)n1c(nc3ccc(N4CCC(N5CC(F)C5)C4)cc31)NC(=O)c1cc-2c(=O)n(C)c1. The molecule has 47 heavy (non-hydrogen) atoms. The lowest BCUT2D eigenvalue weighted by atomic mass is 9.90. The number of imidazole rings is 1. The first-order valence-corrected chi connectivity index (χ1v) is 16.8. The van der Waals surface area contributed by atoms with E-state index in [1.165, 1.54) is 4.57 Å². The molecule has 12 nitrogen and oxygen atoms in total. The van der Waals surface area contributed by atoms with Gasteiger partial charge in [0.25, 0.3) is 11.5 Å². The highest BCUT2D eigenvalue weighted by molar-refractivity contribution is 6.04. The largest absolute Gasteiger partial charge is 0.476 e. The third-order valence-corrected chi connectivity index (χ3v) is 11.2. The van der Waals surface area contributed by atoms with Crippen LogP contribution in [0.25, 0.3) is 22.2 Å². The maximum absolute atomic E-state index is 14.1. The molecule has 1 amide bonds. The molecule has 5 bridgehead atoms. The Hall–Kier alpha value is -4.23. The molecule has 246 valence electrons. The molecule has 5 aliphatic rings. The predicted octanol–water partition coefficient (Wildman–Crippen LogP) is 2.82. The molecule has 4 aliphatic heterocycles. The first-order valence-electron chi connectivity index (χ1n) is 16.8. The summed E-state index contributed by atoms with van der Waals surface area (Å²) in [4.78, 5) is 39.6. The lowest BCUT2D eigenvalue weighted by molar-refractivity contribution is 0.0347. The zero-order chi connectivity index (χ0) is 32.0. The van der Waals surface area contributed by atoms with Gasteiger partial charge in [0.05, 0.1) is 39.5 Å². The summed E-state index contributed by atoms with van der Waals surface area (Å²) in [7, 11) is 3.45. The first-order chi connectivity index (χ1) is 22.7. The number of aryl methyl sites for hydroxylation is 2. The summed E-state index contributed by atoms with van der Waals surface area (Å²) in [6, 6.07) is 8.43. The average Bonchev–Trinajstić information content (AvgIpc) is 3.81. The molecule has 3 aromatic heterocycles. The van der Waals surface area contributed by atoms with Crippen LogP contribution in [0.3, 0.4) is 0 Å². The molecule has 0 radical (unpaired) electrons. The Morgan fingerprint density at radius 1 is 1.04 bits per heavy atom. The molecular weight excluding hydrogens is 601 g/mol. The van der Waals surface area contributed by atoms with E-state index >= 15 is 0 Å². The van der Waals surface area contributed by atoms with E-state index in [1.807, 2.05) is 0 Å². The summed E-state index contributed by atoms with van der Waals surface area (Å²) in [5, 5.41) is 7.57. The fourth-order valence-corrected chi connectivity index (χ4v) is 8.91. The van der Waals surface area contributed by atoms with Crippen LogP contribution in [-0.4, -0.2) is 104 Å². The Kier molecular flexibility index (Phi) is 6.56.